The van der Waals surface area contributed by atoms with Crippen LogP contribution in [0.4, 0.5) is 0 Å². The van der Waals surface area contributed by atoms with Crippen LogP contribution < -0.4 is 5.32 Å². The number of aromatic nitrogens is 2. The number of hydrogen-bond donors (Lipinski definition) is 1. The minimum atomic E-state index is -1.01. The Balaban J connectivity index is 1.62. The van der Waals surface area contributed by atoms with Gasteiger partial charge in [-0.1, -0.05) is 17.7 Å². The van der Waals surface area contributed by atoms with E-state index in [0.29, 0.717) is 31.9 Å². The van der Waals surface area contributed by atoms with Gasteiger partial charge in [0.25, 0.3) is 5.91 Å². The number of rotatable bonds is 8. The normalized spacial score (nSPS) is 21.0. The molecule has 8 heteroatoms. The molecule has 0 saturated carbocycles. The van der Waals surface area contributed by atoms with E-state index in [-0.39, 0.29) is 11.8 Å². The lowest BCUT2D eigenvalue weighted by Crippen LogP contribution is -2.64. The van der Waals surface area contributed by atoms with Crippen LogP contribution in [0.1, 0.15) is 49.5 Å². The average Bonchev–Trinajstić information content (AvgIpc) is 3.44. The van der Waals surface area contributed by atoms with E-state index in [1.165, 1.54) is 18.4 Å². The van der Waals surface area contributed by atoms with Crippen molar-refractivity contribution in [2.24, 2.45) is 0 Å². The van der Waals surface area contributed by atoms with Crippen molar-refractivity contribution in [2.75, 3.05) is 26.8 Å². The quantitative estimate of drug-likeness (QED) is 0.502. The fraction of sp³-hybridized carbons (Fsp3) is 0.522. The Morgan fingerprint density at radius 1 is 1.39 bits per heavy atom. The lowest BCUT2D eigenvalue weighted by molar-refractivity contribution is -0.133. The van der Waals surface area contributed by atoms with Crippen molar-refractivity contribution in [3.8, 4) is 10.6 Å². The van der Waals surface area contributed by atoms with Crippen LogP contribution in [0, 0.1) is 0 Å². The molecular formula is C23H30N4O3S. The van der Waals surface area contributed by atoms with E-state index in [4.69, 9.17) is 4.74 Å². The first kappa shape index (κ1) is 21.8. The average molecular weight is 443 g/mol. The number of methoxy groups -OCH3 is 1. The van der Waals surface area contributed by atoms with Crippen LogP contribution in [0.25, 0.3) is 10.6 Å². The van der Waals surface area contributed by atoms with Crippen molar-refractivity contribution in [1.29, 1.82) is 0 Å². The van der Waals surface area contributed by atoms with Gasteiger partial charge >= 0.3 is 0 Å². The zero-order chi connectivity index (χ0) is 21.8. The zero-order valence-electron chi connectivity index (χ0n) is 18.2. The molecule has 7 nitrogen and oxygen atoms in total. The van der Waals surface area contributed by atoms with Crippen LogP contribution in [0.3, 0.4) is 0 Å². The molecule has 2 aromatic rings. The van der Waals surface area contributed by atoms with Crippen LogP contribution in [0.15, 0.2) is 35.2 Å². The van der Waals surface area contributed by atoms with Crippen LogP contribution in [-0.4, -0.2) is 58.8 Å². The lowest BCUT2D eigenvalue weighted by atomic mass is 9.92. The highest BCUT2D eigenvalue weighted by Gasteiger charge is 2.47. The molecule has 4 rings (SSSR count). The molecule has 0 saturated heterocycles. The van der Waals surface area contributed by atoms with Gasteiger partial charge in [-0.25, -0.2) is 0 Å². The summed E-state index contributed by atoms with van der Waals surface area (Å²) in [6, 6.07) is 5.81. The first-order valence-corrected chi connectivity index (χ1v) is 11.8. The van der Waals surface area contributed by atoms with Crippen LogP contribution in [-0.2, 0) is 16.1 Å². The second-order valence-corrected chi connectivity index (χ2v) is 9.33. The van der Waals surface area contributed by atoms with Gasteiger partial charge in [0.2, 0.25) is 5.91 Å². The molecule has 1 atom stereocenters. The highest BCUT2D eigenvalue weighted by Crippen LogP contribution is 2.32. The number of hydrogen-bond acceptors (Lipinski definition) is 5. The van der Waals surface area contributed by atoms with Crippen LogP contribution in [0.2, 0.25) is 0 Å². The Hall–Kier alpha value is -2.45. The summed E-state index contributed by atoms with van der Waals surface area (Å²) in [6.45, 7) is 3.54. The fourth-order valence-corrected chi connectivity index (χ4v) is 5.06. The van der Waals surface area contributed by atoms with Crippen molar-refractivity contribution in [2.45, 2.75) is 51.1 Å². The molecule has 2 aromatic heterocycles. The summed E-state index contributed by atoms with van der Waals surface area (Å²) in [5, 5.41) is 9.59. The molecule has 0 bridgehead atoms. The molecule has 166 valence electrons. The van der Waals surface area contributed by atoms with Crippen molar-refractivity contribution in [3.63, 3.8) is 0 Å². The summed E-state index contributed by atoms with van der Waals surface area (Å²) >= 11 is 1.59. The number of thiophene rings is 1. The number of amides is 2. The Bertz CT molecular complexity index is 966. The second-order valence-electron chi connectivity index (χ2n) is 8.39. The molecule has 3 heterocycles. The Morgan fingerprint density at radius 2 is 2.26 bits per heavy atom. The Kier molecular flexibility index (Phi) is 6.57. The smallest absolute Gasteiger partial charge is 0.273 e. The summed E-state index contributed by atoms with van der Waals surface area (Å²) < 4.78 is 6.77. The largest absolute Gasteiger partial charge is 0.383 e. The maximum Gasteiger partial charge on any atom is 0.273 e. The molecule has 0 fully saturated rings. The van der Waals surface area contributed by atoms with Crippen LogP contribution >= 0.6 is 11.3 Å². The topological polar surface area (TPSA) is 76.5 Å². The van der Waals surface area contributed by atoms with Gasteiger partial charge in [-0.05, 0) is 56.5 Å². The number of nitrogens with zero attached hydrogens (tertiary/aromatic N) is 3. The van der Waals surface area contributed by atoms with Gasteiger partial charge in [0.15, 0.2) is 0 Å². The summed E-state index contributed by atoms with van der Waals surface area (Å²) in [5.74, 6) is -0.309. The predicted octanol–water partition coefficient (Wildman–Crippen LogP) is 3.48. The minimum absolute atomic E-state index is 0.137. The van der Waals surface area contributed by atoms with E-state index in [0.717, 1.165) is 29.8 Å². The second kappa shape index (κ2) is 9.36. The summed E-state index contributed by atoms with van der Waals surface area (Å²) in [4.78, 5) is 29.6. The molecule has 31 heavy (non-hydrogen) atoms. The first-order chi connectivity index (χ1) is 15.0. The molecule has 1 aliphatic carbocycles. The third-order valence-electron chi connectivity index (χ3n) is 6.19. The van der Waals surface area contributed by atoms with E-state index in [1.807, 2.05) is 30.5 Å². The van der Waals surface area contributed by atoms with Gasteiger partial charge < -0.3 is 15.0 Å². The fourth-order valence-electron chi connectivity index (χ4n) is 4.38. The maximum absolute atomic E-state index is 13.6. The van der Waals surface area contributed by atoms with Crippen LogP contribution in [0.5, 0.6) is 0 Å². The van der Waals surface area contributed by atoms with E-state index in [2.05, 4.69) is 16.5 Å². The Labute approximate surface area is 187 Å². The summed E-state index contributed by atoms with van der Waals surface area (Å²) in [7, 11) is 1.60. The highest BCUT2D eigenvalue weighted by atomic mass is 32.1. The number of carbonyl (C=O) groups is 2. The van der Waals surface area contributed by atoms with Gasteiger partial charge in [0, 0.05) is 20.2 Å². The van der Waals surface area contributed by atoms with Gasteiger partial charge in [0.05, 0.1) is 18.0 Å². The summed E-state index contributed by atoms with van der Waals surface area (Å²) in [5.41, 5.74) is 1.70. The highest BCUT2D eigenvalue weighted by molar-refractivity contribution is 7.13. The van der Waals surface area contributed by atoms with E-state index in [9.17, 15) is 9.59 Å². The SMILES string of the molecule is COCCNC(=O)C1(C)Cn2nc(-c3cccs3)cc2C(=O)N1CCC1=CCCCC1. The Morgan fingerprint density at radius 3 is 2.97 bits per heavy atom. The number of carbonyl (C=O) groups excluding carboxylic acids is 2. The molecular weight excluding hydrogens is 412 g/mol. The molecule has 2 aliphatic rings. The van der Waals surface area contributed by atoms with E-state index >= 15 is 0 Å². The number of ether oxygens (including phenoxy) is 1. The van der Waals surface area contributed by atoms with E-state index < -0.39 is 5.54 Å². The molecule has 1 unspecified atom stereocenters. The zero-order valence-corrected chi connectivity index (χ0v) is 19.0. The van der Waals surface area contributed by atoms with Crippen molar-refractivity contribution in [3.05, 3.63) is 40.9 Å². The third kappa shape index (κ3) is 4.45. The molecule has 1 aliphatic heterocycles. The standard InChI is InChI=1S/C23H30N4O3S/c1-23(22(29)24-11-13-30-2)16-27-19(15-18(25-27)20-9-6-14-31-20)21(28)26(23)12-10-17-7-4-3-5-8-17/h6-7,9,14-15H,3-5,8,10-13,16H2,1-2H3,(H,24,29). The van der Waals surface area contributed by atoms with Crippen molar-refractivity contribution in [1.82, 2.24) is 20.0 Å². The molecule has 0 spiro atoms. The third-order valence-corrected chi connectivity index (χ3v) is 7.09. The number of fused-ring (bicyclic) bond motifs is 1. The van der Waals surface area contributed by atoms with Gasteiger partial charge in [-0.2, -0.15) is 5.10 Å². The van der Waals surface area contributed by atoms with Gasteiger partial charge in [-0.15, -0.1) is 11.3 Å². The lowest BCUT2D eigenvalue weighted by Gasteiger charge is -2.43. The number of allylic oxidation sites excluding steroid dienone is 1. The monoisotopic (exact) mass is 442 g/mol. The van der Waals surface area contributed by atoms with Gasteiger partial charge in [-0.3, -0.25) is 14.3 Å². The van der Waals surface area contributed by atoms with Crippen molar-refractivity contribution >= 4 is 23.2 Å². The molecule has 1 N–H and O–H groups in total. The minimum Gasteiger partial charge on any atom is -0.383 e. The molecule has 0 aromatic carbocycles. The molecule has 2 amide bonds. The van der Waals surface area contributed by atoms with E-state index in [1.54, 1.807) is 28.0 Å². The maximum atomic E-state index is 13.6. The number of nitrogens with one attached hydrogen (secondary N) is 1. The van der Waals surface area contributed by atoms with Gasteiger partial charge in [0.1, 0.15) is 16.9 Å². The summed E-state index contributed by atoms with van der Waals surface area (Å²) in [6.07, 6.45) is 7.72. The van der Waals surface area contributed by atoms with Crippen molar-refractivity contribution < 1.29 is 14.3 Å². The predicted molar refractivity (Wildman–Crippen MR) is 121 cm³/mol. The molecule has 0 radical (unpaired) electrons. The first-order valence-electron chi connectivity index (χ1n) is 10.9.